The van der Waals surface area contributed by atoms with E-state index in [0.717, 1.165) is 25.2 Å². The minimum absolute atomic E-state index is 0.0234. The van der Waals surface area contributed by atoms with E-state index in [9.17, 15) is 18.3 Å². The van der Waals surface area contributed by atoms with E-state index in [1.165, 1.54) is 11.1 Å². The standard InChI is InChI=1S/C21H25F3N2O/c1-15-4-2-3-5-16(15)12-26-10-9-25(13-17(26)8-11-27)14-18-19(22)6-7-20(23)21(18)24/h2-7,17,27H,8-14H2,1H3/t17-/m1/s1. The second kappa shape index (κ2) is 8.87. The molecule has 1 N–H and O–H groups in total. The number of aryl methyl sites for hydroxylation is 1. The smallest absolute Gasteiger partial charge is 0.166 e. The van der Waals surface area contributed by atoms with Gasteiger partial charge in [0.15, 0.2) is 11.6 Å². The quantitative estimate of drug-likeness (QED) is 0.780. The number of benzene rings is 2. The highest BCUT2D eigenvalue weighted by molar-refractivity contribution is 5.25. The van der Waals surface area contributed by atoms with Gasteiger partial charge in [-0.2, -0.15) is 0 Å². The van der Waals surface area contributed by atoms with Crippen LogP contribution in [0.5, 0.6) is 0 Å². The lowest BCUT2D eigenvalue weighted by atomic mass is 10.0. The van der Waals surface area contributed by atoms with Crippen LogP contribution in [-0.4, -0.2) is 47.2 Å². The molecule has 0 unspecified atom stereocenters. The summed E-state index contributed by atoms with van der Waals surface area (Å²) >= 11 is 0. The molecule has 1 fully saturated rings. The zero-order chi connectivity index (χ0) is 19.4. The Morgan fingerprint density at radius 3 is 2.48 bits per heavy atom. The van der Waals surface area contributed by atoms with E-state index >= 15 is 0 Å². The normalized spacial score (nSPS) is 18.8. The number of nitrogens with zero attached hydrogens (tertiary/aromatic N) is 2. The fraction of sp³-hybridized carbons (Fsp3) is 0.429. The van der Waals surface area contributed by atoms with E-state index < -0.39 is 17.5 Å². The Hall–Kier alpha value is -1.89. The van der Waals surface area contributed by atoms with Gasteiger partial charge < -0.3 is 5.11 Å². The maximum Gasteiger partial charge on any atom is 0.166 e. The van der Waals surface area contributed by atoms with Crippen molar-refractivity contribution in [2.24, 2.45) is 0 Å². The first-order valence-corrected chi connectivity index (χ1v) is 9.23. The molecule has 1 atom stereocenters. The Labute approximate surface area is 158 Å². The number of aliphatic hydroxyl groups is 1. The van der Waals surface area contributed by atoms with Crippen molar-refractivity contribution in [2.75, 3.05) is 26.2 Å². The van der Waals surface area contributed by atoms with Gasteiger partial charge in [0.05, 0.1) is 0 Å². The van der Waals surface area contributed by atoms with Crippen molar-refractivity contribution in [3.8, 4) is 0 Å². The minimum Gasteiger partial charge on any atom is -0.396 e. The zero-order valence-corrected chi connectivity index (χ0v) is 15.5. The lowest BCUT2D eigenvalue weighted by Crippen LogP contribution is -2.52. The molecule has 3 nitrogen and oxygen atoms in total. The van der Waals surface area contributed by atoms with Crippen LogP contribution < -0.4 is 0 Å². The van der Waals surface area contributed by atoms with Crippen LogP contribution in [0.3, 0.4) is 0 Å². The Bertz CT molecular complexity index is 784. The van der Waals surface area contributed by atoms with Crippen molar-refractivity contribution < 1.29 is 18.3 Å². The maximum absolute atomic E-state index is 14.0. The molecule has 146 valence electrons. The molecule has 0 saturated carbocycles. The largest absolute Gasteiger partial charge is 0.396 e. The topological polar surface area (TPSA) is 26.7 Å². The molecular weight excluding hydrogens is 353 g/mol. The molecule has 0 spiro atoms. The number of halogens is 3. The van der Waals surface area contributed by atoms with Crippen LogP contribution in [0.25, 0.3) is 0 Å². The highest BCUT2D eigenvalue weighted by atomic mass is 19.2. The van der Waals surface area contributed by atoms with Crippen LogP contribution in [0.2, 0.25) is 0 Å². The van der Waals surface area contributed by atoms with Crippen molar-refractivity contribution in [3.05, 3.63) is 70.5 Å². The molecule has 0 aliphatic carbocycles. The number of aliphatic hydroxyl groups excluding tert-OH is 1. The first kappa shape index (κ1) is 19.9. The fourth-order valence-corrected chi connectivity index (χ4v) is 3.68. The van der Waals surface area contributed by atoms with E-state index in [0.29, 0.717) is 19.5 Å². The molecule has 6 heteroatoms. The highest BCUT2D eigenvalue weighted by Crippen LogP contribution is 2.22. The van der Waals surface area contributed by atoms with Crippen LogP contribution in [-0.2, 0) is 13.1 Å². The molecule has 0 amide bonds. The maximum atomic E-state index is 14.0. The lowest BCUT2D eigenvalue weighted by Gasteiger charge is -2.41. The Morgan fingerprint density at radius 2 is 1.74 bits per heavy atom. The van der Waals surface area contributed by atoms with E-state index in [4.69, 9.17) is 0 Å². The molecule has 0 aromatic heterocycles. The van der Waals surface area contributed by atoms with Crippen LogP contribution in [0.15, 0.2) is 36.4 Å². The third-order valence-electron chi connectivity index (χ3n) is 5.31. The predicted molar refractivity (Wildman–Crippen MR) is 98.7 cm³/mol. The summed E-state index contributed by atoms with van der Waals surface area (Å²) in [4.78, 5) is 4.23. The van der Waals surface area contributed by atoms with Gasteiger partial charge in [0.25, 0.3) is 0 Å². The fourth-order valence-electron chi connectivity index (χ4n) is 3.68. The van der Waals surface area contributed by atoms with Crippen molar-refractivity contribution in [2.45, 2.75) is 32.5 Å². The zero-order valence-electron chi connectivity index (χ0n) is 15.5. The van der Waals surface area contributed by atoms with Gasteiger partial charge in [-0.1, -0.05) is 24.3 Å². The monoisotopic (exact) mass is 378 g/mol. The van der Waals surface area contributed by atoms with Crippen molar-refractivity contribution >= 4 is 0 Å². The average Bonchev–Trinajstić information content (AvgIpc) is 2.66. The van der Waals surface area contributed by atoms with Gasteiger partial charge in [0.2, 0.25) is 0 Å². The lowest BCUT2D eigenvalue weighted by molar-refractivity contribution is 0.0487. The van der Waals surface area contributed by atoms with Crippen molar-refractivity contribution in [3.63, 3.8) is 0 Å². The molecule has 1 saturated heterocycles. The van der Waals surface area contributed by atoms with E-state index in [1.54, 1.807) is 0 Å². The Morgan fingerprint density at radius 1 is 1.00 bits per heavy atom. The summed E-state index contributed by atoms with van der Waals surface area (Å²) in [5.41, 5.74) is 2.22. The van der Waals surface area contributed by atoms with Crippen LogP contribution in [0.1, 0.15) is 23.1 Å². The number of rotatable bonds is 6. The SMILES string of the molecule is Cc1ccccc1CN1CCN(Cc2c(F)ccc(F)c2F)C[C@H]1CCO. The molecule has 1 heterocycles. The van der Waals surface area contributed by atoms with E-state index in [2.05, 4.69) is 24.0 Å². The molecule has 0 radical (unpaired) electrons. The first-order valence-electron chi connectivity index (χ1n) is 9.23. The Balaban J connectivity index is 1.71. The molecule has 2 aromatic rings. The summed E-state index contributed by atoms with van der Waals surface area (Å²) in [6.07, 6.45) is 0.580. The first-order chi connectivity index (χ1) is 13.0. The Kier molecular flexibility index (Phi) is 6.52. The van der Waals surface area contributed by atoms with Gasteiger partial charge >= 0.3 is 0 Å². The second-order valence-corrected chi connectivity index (χ2v) is 7.12. The molecule has 0 bridgehead atoms. The summed E-state index contributed by atoms with van der Waals surface area (Å²) in [5.74, 6) is -2.87. The summed E-state index contributed by atoms with van der Waals surface area (Å²) in [5, 5.41) is 9.44. The second-order valence-electron chi connectivity index (χ2n) is 7.12. The third kappa shape index (κ3) is 4.69. The molecule has 3 rings (SSSR count). The van der Waals surface area contributed by atoms with Crippen molar-refractivity contribution in [1.29, 1.82) is 0 Å². The number of hydrogen-bond donors (Lipinski definition) is 1. The van der Waals surface area contributed by atoms with E-state index in [-0.39, 0.29) is 24.8 Å². The van der Waals surface area contributed by atoms with Gasteiger partial charge in [-0.15, -0.1) is 0 Å². The molecule has 27 heavy (non-hydrogen) atoms. The summed E-state index contributed by atoms with van der Waals surface area (Å²) in [6.45, 7) is 4.83. The third-order valence-corrected chi connectivity index (χ3v) is 5.31. The van der Waals surface area contributed by atoms with Crippen molar-refractivity contribution in [1.82, 2.24) is 9.80 Å². The summed E-state index contributed by atoms with van der Waals surface area (Å²) < 4.78 is 41.4. The molecule has 2 aromatic carbocycles. The minimum atomic E-state index is -1.11. The molecule has 1 aliphatic rings. The van der Waals surface area contributed by atoms with E-state index in [1.807, 2.05) is 17.0 Å². The molecule has 1 aliphatic heterocycles. The highest BCUT2D eigenvalue weighted by Gasteiger charge is 2.28. The summed E-state index contributed by atoms with van der Waals surface area (Å²) in [6, 6.07) is 10.0. The summed E-state index contributed by atoms with van der Waals surface area (Å²) in [7, 11) is 0. The van der Waals surface area contributed by atoms with Gasteiger partial charge in [-0.25, -0.2) is 13.2 Å². The molecular formula is C21H25F3N2O. The average molecular weight is 378 g/mol. The van der Waals surface area contributed by atoms with Gasteiger partial charge in [0, 0.05) is 50.9 Å². The predicted octanol–water partition coefficient (Wildman–Crippen LogP) is 3.48. The number of piperazine rings is 1. The number of hydrogen-bond acceptors (Lipinski definition) is 3. The van der Waals surface area contributed by atoms with Gasteiger partial charge in [0.1, 0.15) is 5.82 Å². The van der Waals surface area contributed by atoms with Gasteiger partial charge in [-0.05, 0) is 36.6 Å². The van der Waals surface area contributed by atoms with Crippen LogP contribution in [0, 0.1) is 24.4 Å². The van der Waals surface area contributed by atoms with Crippen LogP contribution in [0.4, 0.5) is 13.2 Å². The van der Waals surface area contributed by atoms with Gasteiger partial charge in [-0.3, -0.25) is 9.80 Å². The van der Waals surface area contributed by atoms with Crippen LogP contribution >= 0.6 is 0 Å².